The molecule has 0 unspecified atom stereocenters. The maximum atomic E-state index is 12.5. The maximum Gasteiger partial charge on any atom is 0.222 e. The zero-order valence-corrected chi connectivity index (χ0v) is 17.5. The van der Waals surface area contributed by atoms with Crippen LogP contribution in [0.5, 0.6) is 0 Å². The van der Waals surface area contributed by atoms with Gasteiger partial charge in [0.1, 0.15) is 0 Å². The molecule has 0 radical (unpaired) electrons. The molecule has 2 fully saturated rings. The zero-order chi connectivity index (χ0) is 19.4. The van der Waals surface area contributed by atoms with Gasteiger partial charge in [0, 0.05) is 25.6 Å². The predicted molar refractivity (Wildman–Crippen MR) is 110 cm³/mol. The summed E-state index contributed by atoms with van der Waals surface area (Å²) in [5.74, 6) is 0.724. The van der Waals surface area contributed by atoms with Crippen LogP contribution in [0.4, 0.5) is 0 Å². The Labute approximate surface area is 164 Å². The molecular formula is C23H36N2O2. The molecule has 2 saturated heterocycles. The number of ether oxygens (including phenoxy) is 1. The Kier molecular flexibility index (Phi) is 6.59. The maximum absolute atomic E-state index is 12.5. The number of hydrogen-bond acceptors (Lipinski definition) is 3. The van der Waals surface area contributed by atoms with E-state index in [4.69, 9.17) is 4.74 Å². The molecule has 0 aromatic heterocycles. The number of hydrogen-bond donors (Lipinski definition) is 0. The first-order valence-electron chi connectivity index (χ1n) is 10.6. The van der Waals surface area contributed by atoms with Crippen LogP contribution >= 0.6 is 0 Å². The summed E-state index contributed by atoms with van der Waals surface area (Å²) in [4.78, 5) is 17.0. The van der Waals surface area contributed by atoms with E-state index in [0.717, 1.165) is 45.3 Å². The van der Waals surface area contributed by atoms with Gasteiger partial charge in [-0.2, -0.15) is 0 Å². The molecular weight excluding hydrogens is 336 g/mol. The van der Waals surface area contributed by atoms with E-state index in [9.17, 15) is 4.79 Å². The fourth-order valence-electron chi connectivity index (χ4n) is 4.59. The lowest BCUT2D eigenvalue weighted by Crippen LogP contribution is -2.54. The number of nitrogens with zero attached hydrogens (tertiary/aromatic N) is 2. The molecule has 2 aliphatic heterocycles. The van der Waals surface area contributed by atoms with Gasteiger partial charge in [0.05, 0.1) is 11.7 Å². The van der Waals surface area contributed by atoms with Crippen molar-refractivity contribution in [3.05, 3.63) is 35.9 Å². The van der Waals surface area contributed by atoms with Crippen LogP contribution in [-0.4, -0.2) is 54.0 Å². The molecule has 0 saturated carbocycles. The first kappa shape index (κ1) is 20.3. The summed E-state index contributed by atoms with van der Waals surface area (Å²) in [7, 11) is 2.23. The van der Waals surface area contributed by atoms with Gasteiger partial charge in [0.15, 0.2) is 0 Å². The van der Waals surface area contributed by atoms with Crippen molar-refractivity contribution < 1.29 is 9.53 Å². The van der Waals surface area contributed by atoms with E-state index in [1.807, 2.05) is 0 Å². The monoisotopic (exact) mass is 372 g/mol. The molecule has 2 aliphatic rings. The molecule has 4 nitrogen and oxygen atoms in total. The quantitative estimate of drug-likeness (QED) is 0.774. The van der Waals surface area contributed by atoms with Crippen LogP contribution in [0.3, 0.4) is 0 Å². The SMILES string of the molecule is CCN(C)[C@H]1C[C@@H](c2ccccc2)OC2(CCN(C(=O)CC(C)C)CC2)C1. The van der Waals surface area contributed by atoms with Crippen molar-refractivity contribution in [2.75, 3.05) is 26.7 Å². The topological polar surface area (TPSA) is 32.8 Å². The normalized spacial score (nSPS) is 25.3. The average Bonchev–Trinajstić information content (AvgIpc) is 2.67. The van der Waals surface area contributed by atoms with Gasteiger partial charge in [-0.1, -0.05) is 51.1 Å². The predicted octanol–water partition coefficient (Wildman–Crippen LogP) is 4.27. The van der Waals surface area contributed by atoms with Gasteiger partial charge in [0.25, 0.3) is 0 Å². The Morgan fingerprint density at radius 1 is 1.26 bits per heavy atom. The van der Waals surface area contributed by atoms with Gasteiger partial charge in [-0.05, 0) is 50.8 Å². The Hall–Kier alpha value is -1.39. The van der Waals surface area contributed by atoms with Crippen molar-refractivity contribution >= 4 is 5.91 Å². The Balaban J connectivity index is 1.72. The van der Waals surface area contributed by atoms with Crippen molar-refractivity contribution in [1.29, 1.82) is 0 Å². The Morgan fingerprint density at radius 3 is 2.52 bits per heavy atom. The standard InChI is InChI=1S/C23H36N2O2/c1-5-24(4)20-16-21(19-9-7-6-8-10-19)27-23(17-20)11-13-25(14-12-23)22(26)15-18(2)3/h6-10,18,20-21H,5,11-17H2,1-4H3/t20-,21-/m0/s1. The first-order chi connectivity index (χ1) is 12.9. The van der Waals surface area contributed by atoms with Gasteiger partial charge in [0.2, 0.25) is 5.91 Å². The van der Waals surface area contributed by atoms with Crippen LogP contribution in [0.25, 0.3) is 0 Å². The molecule has 0 aliphatic carbocycles. The second-order valence-corrected chi connectivity index (χ2v) is 8.85. The second-order valence-electron chi connectivity index (χ2n) is 8.85. The van der Waals surface area contributed by atoms with E-state index in [1.165, 1.54) is 5.56 Å². The number of amides is 1. The zero-order valence-electron chi connectivity index (χ0n) is 17.5. The minimum Gasteiger partial charge on any atom is -0.367 e. The molecule has 150 valence electrons. The number of piperidine rings is 1. The summed E-state index contributed by atoms with van der Waals surface area (Å²) in [6.07, 6.45) is 4.83. The molecule has 27 heavy (non-hydrogen) atoms. The summed E-state index contributed by atoms with van der Waals surface area (Å²) < 4.78 is 6.77. The lowest BCUT2D eigenvalue weighted by molar-refractivity contribution is -0.176. The van der Waals surface area contributed by atoms with Gasteiger partial charge in [-0.25, -0.2) is 0 Å². The van der Waals surface area contributed by atoms with Crippen LogP contribution in [-0.2, 0) is 9.53 Å². The molecule has 1 aromatic carbocycles. The highest BCUT2D eigenvalue weighted by Crippen LogP contribution is 2.44. The number of rotatable bonds is 5. The third-order valence-electron chi connectivity index (χ3n) is 6.39. The van der Waals surface area contributed by atoms with Crippen LogP contribution in [0.1, 0.15) is 64.5 Å². The summed E-state index contributed by atoms with van der Waals surface area (Å²) in [5, 5.41) is 0. The van der Waals surface area contributed by atoms with Crippen molar-refractivity contribution in [3.63, 3.8) is 0 Å². The smallest absolute Gasteiger partial charge is 0.222 e. The van der Waals surface area contributed by atoms with Gasteiger partial charge in [-0.15, -0.1) is 0 Å². The number of carbonyl (C=O) groups is 1. The average molecular weight is 373 g/mol. The lowest BCUT2D eigenvalue weighted by Gasteiger charge is -2.50. The van der Waals surface area contributed by atoms with E-state index in [0.29, 0.717) is 24.3 Å². The highest BCUT2D eigenvalue weighted by atomic mass is 16.5. The van der Waals surface area contributed by atoms with Crippen molar-refractivity contribution in [2.24, 2.45) is 5.92 Å². The number of benzene rings is 1. The largest absolute Gasteiger partial charge is 0.367 e. The van der Waals surface area contributed by atoms with Gasteiger partial charge >= 0.3 is 0 Å². The molecule has 1 spiro atoms. The number of likely N-dealkylation sites (tertiary alicyclic amines) is 1. The third kappa shape index (κ3) is 4.91. The molecule has 0 N–H and O–H groups in total. The molecule has 1 aromatic rings. The van der Waals surface area contributed by atoms with Crippen LogP contribution in [0, 0.1) is 5.92 Å². The molecule has 2 heterocycles. The summed E-state index contributed by atoms with van der Waals surface area (Å²) in [6, 6.07) is 11.2. The second kappa shape index (κ2) is 8.74. The summed E-state index contributed by atoms with van der Waals surface area (Å²) in [6.45, 7) is 9.17. The van der Waals surface area contributed by atoms with Crippen molar-refractivity contribution in [1.82, 2.24) is 9.80 Å². The van der Waals surface area contributed by atoms with E-state index >= 15 is 0 Å². The minimum absolute atomic E-state index is 0.0958. The fourth-order valence-corrected chi connectivity index (χ4v) is 4.59. The fraction of sp³-hybridized carbons (Fsp3) is 0.696. The lowest BCUT2D eigenvalue weighted by atomic mass is 9.79. The minimum atomic E-state index is -0.0958. The van der Waals surface area contributed by atoms with Crippen LogP contribution < -0.4 is 0 Å². The first-order valence-corrected chi connectivity index (χ1v) is 10.6. The van der Waals surface area contributed by atoms with Crippen LogP contribution in [0.2, 0.25) is 0 Å². The molecule has 2 atom stereocenters. The highest BCUT2D eigenvalue weighted by molar-refractivity contribution is 5.76. The summed E-state index contributed by atoms with van der Waals surface area (Å²) in [5.41, 5.74) is 1.19. The highest BCUT2D eigenvalue weighted by Gasteiger charge is 2.45. The molecule has 1 amide bonds. The Morgan fingerprint density at radius 2 is 1.93 bits per heavy atom. The van der Waals surface area contributed by atoms with Crippen LogP contribution in [0.15, 0.2) is 30.3 Å². The van der Waals surface area contributed by atoms with E-state index in [1.54, 1.807) is 0 Å². The van der Waals surface area contributed by atoms with Crippen molar-refractivity contribution in [2.45, 2.75) is 70.6 Å². The van der Waals surface area contributed by atoms with Crippen molar-refractivity contribution in [3.8, 4) is 0 Å². The molecule has 0 bridgehead atoms. The molecule has 3 rings (SSSR count). The number of carbonyl (C=O) groups excluding carboxylic acids is 1. The van der Waals surface area contributed by atoms with E-state index in [-0.39, 0.29) is 11.7 Å². The third-order valence-corrected chi connectivity index (χ3v) is 6.39. The van der Waals surface area contributed by atoms with Gasteiger partial charge < -0.3 is 14.5 Å². The van der Waals surface area contributed by atoms with E-state index < -0.39 is 0 Å². The van der Waals surface area contributed by atoms with Gasteiger partial charge in [-0.3, -0.25) is 4.79 Å². The molecule has 4 heteroatoms. The Bertz CT molecular complexity index is 608. The summed E-state index contributed by atoms with van der Waals surface area (Å²) >= 11 is 0. The van der Waals surface area contributed by atoms with E-state index in [2.05, 4.69) is 68.0 Å².